The number of hydrogen-bond acceptors (Lipinski definition) is 5. The summed E-state index contributed by atoms with van der Waals surface area (Å²) in [5.74, 6) is -0.134. The predicted octanol–water partition coefficient (Wildman–Crippen LogP) is 3.70. The quantitative estimate of drug-likeness (QED) is 0.587. The van der Waals surface area contributed by atoms with Crippen molar-refractivity contribution in [3.05, 3.63) is 53.5 Å². The van der Waals surface area contributed by atoms with Gasteiger partial charge in [-0.2, -0.15) is 0 Å². The molecule has 146 valence electrons. The Morgan fingerprint density at radius 1 is 1.14 bits per heavy atom. The SMILES string of the molecule is O=C(CCCc1nc2ccccc2s1)Nc1cccc(S(=O)(=O)NC2CC2)c1. The van der Waals surface area contributed by atoms with Gasteiger partial charge in [0.25, 0.3) is 0 Å². The van der Waals surface area contributed by atoms with Crippen LogP contribution in [0.3, 0.4) is 0 Å². The third-order valence-corrected chi connectivity index (χ3v) is 7.07. The number of carbonyl (C=O) groups is 1. The summed E-state index contributed by atoms with van der Waals surface area (Å²) in [6.45, 7) is 0. The van der Waals surface area contributed by atoms with Crippen molar-refractivity contribution >= 4 is 43.2 Å². The number of anilines is 1. The average Bonchev–Trinajstić information content (AvgIpc) is 3.37. The fraction of sp³-hybridized carbons (Fsp3) is 0.300. The van der Waals surface area contributed by atoms with Crippen LogP contribution in [-0.4, -0.2) is 25.4 Å². The zero-order valence-corrected chi connectivity index (χ0v) is 16.9. The van der Waals surface area contributed by atoms with Crippen molar-refractivity contribution in [3.63, 3.8) is 0 Å². The van der Waals surface area contributed by atoms with Gasteiger partial charge in [-0.05, 0) is 56.0 Å². The first-order chi connectivity index (χ1) is 13.5. The lowest BCUT2D eigenvalue weighted by molar-refractivity contribution is -0.116. The van der Waals surface area contributed by atoms with Crippen LogP contribution in [0.2, 0.25) is 0 Å². The second-order valence-corrected chi connectivity index (χ2v) is 9.73. The maximum atomic E-state index is 12.3. The molecule has 0 saturated heterocycles. The van der Waals surface area contributed by atoms with Gasteiger partial charge < -0.3 is 5.32 Å². The zero-order valence-electron chi connectivity index (χ0n) is 15.2. The van der Waals surface area contributed by atoms with E-state index in [1.807, 2.05) is 24.3 Å². The number of amides is 1. The van der Waals surface area contributed by atoms with Gasteiger partial charge in [-0.25, -0.2) is 18.1 Å². The standard InChI is InChI=1S/C20H21N3O3S2/c24-19(9-4-10-20-22-17-7-1-2-8-18(17)27-20)21-15-5-3-6-16(13-15)28(25,26)23-14-11-12-14/h1-3,5-8,13-14,23H,4,9-12H2,(H,21,24). The second kappa shape index (κ2) is 7.98. The number of aryl methyl sites for hydroxylation is 1. The lowest BCUT2D eigenvalue weighted by atomic mass is 10.2. The first-order valence-electron chi connectivity index (χ1n) is 9.26. The van der Waals surface area contributed by atoms with Crippen molar-refractivity contribution in [2.45, 2.75) is 43.0 Å². The van der Waals surface area contributed by atoms with Crippen molar-refractivity contribution in [1.82, 2.24) is 9.71 Å². The number of carbonyl (C=O) groups excluding carboxylic acids is 1. The Kier molecular flexibility index (Phi) is 5.43. The number of thiazole rings is 1. The highest BCUT2D eigenvalue weighted by Crippen LogP contribution is 2.24. The van der Waals surface area contributed by atoms with Crippen LogP contribution in [-0.2, 0) is 21.2 Å². The fourth-order valence-corrected chi connectivity index (χ4v) is 5.24. The maximum absolute atomic E-state index is 12.3. The Balaban J connectivity index is 1.31. The zero-order chi connectivity index (χ0) is 19.6. The Bertz CT molecular complexity index is 1070. The third-order valence-electron chi connectivity index (χ3n) is 4.46. The molecule has 0 bridgehead atoms. The van der Waals surface area contributed by atoms with E-state index in [4.69, 9.17) is 0 Å². The molecule has 28 heavy (non-hydrogen) atoms. The van der Waals surface area contributed by atoms with E-state index in [0.717, 1.165) is 34.5 Å². The Hall–Kier alpha value is -2.29. The van der Waals surface area contributed by atoms with Crippen LogP contribution in [0.4, 0.5) is 5.69 Å². The van der Waals surface area contributed by atoms with Crippen molar-refractivity contribution in [2.24, 2.45) is 0 Å². The smallest absolute Gasteiger partial charge is 0.240 e. The number of fused-ring (bicyclic) bond motifs is 1. The number of aromatic nitrogens is 1. The summed E-state index contributed by atoms with van der Waals surface area (Å²) in [5, 5.41) is 3.81. The van der Waals surface area contributed by atoms with Crippen molar-refractivity contribution in [1.29, 1.82) is 0 Å². The van der Waals surface area contributed by atoms with Gasteiger partial charge in [-0.1, -0.05) is 18.2 Å². The molecule has 0 radical (unpaired) electrons. The number of sulfonamides is 1. The Labute approximate surface area is 168 Å². The molecule has 2 aromatic carbocycles. The molecule has 1 fully saturated rings. The molecule has 1 saturated carbocycles. The summed E-state index contributed by atoms with van der Waals surface area (Å²) in [4.78, 5) is 17.0. The first-order valence-corrected chi connectivity index (χ1v) is 11.6. The number of nitrogens with one attached hydrogen (secondary N) is 2. The molecule has 8 heteroatoms. The molecule has 6 nitrogen and oxygen atoms in total. The van der Waals surface area contributed by atoms with Crippen LogP contribution in [0.25, 0.3) is 10.2 Å². The number of benzene rings is 2. The van der Waals surface area contributed by atoms with Gasteiger partial charge in [0, 0.05) is 18.2 Å². The molecular weight excluding hydrogens is 394 g/mol. The largest absolute Gasteiger partial charge is 0.326 e. The molecule has 1 heterocycles. The number of para-hydroxylation sites is 1. The Morgan fingerprint density at radius 3 is 2.75 bits per heavy atom. The first kappa shape index (κ1) is 19.0. The van der Waals surface area contributed by atoms with E-state index in [0.29, 0.717) is 18.5 Å². The van der Waals surface area contributed by atoms with Gasteiger partial charge in [0.2, 0.25) is 15.9 Å². The van der Waals surface area contributed by atoms with Crippen LogP contribution >= 0.6 is 11.3 Å². The highest BCUT2D eigenvalue weighted by Gasteiger charge is 2.28. The van der Waals surface area contributed by atoms with Crippen LogP contribution < -0.4 is 10.0 Å². The molecule has 3 aromatic rings. The molecule has 2 N–H and O–H groups in total. The molecule has 0 unspecified atom stereocenters. The van der Waals surface area contributed by atoms with Gasteiger partial charge >= 0.3 is 0 Å². The molecule has 4 rings (SSSR count). The van der Waals surface area contributed by atoms with Crippen LogP contribution in [0.5, 0.6) is 0 Å². The van der Waals surface area contributed by atoms with Gasteiger partial charge in [0.1, 0.15) is 0 Å². The van der Waals surface area contributed by atoms with E-state index in [2.05, 4.69) is 15.0 Å². The van der Waals surface area contributed by atoms with Crippen LogP contribution in [0, 0.1) is 0 Å². The third kappa shape index (κ3) is 4.76. The molecule has 1 aliphatic carbocycles. The van der Waals surface area contributed by atoms with Crippen molar-refractivity contribution < 1.29 is 13.2 Å². The summed E-state index contributed by atoms with van der Waals surface area (Å²) >= 11 is 1.65. The maximum Gasteiger partial charge on any atom is 0.240 e. The van der Waals surface area contributed by atoms with Crippen molar-refractivity contribution in [2.75, 3.05) is 5.32 Å². The molecule has 0 spiro atoms. The highest BCUT2D eigenvalue weighted by molar-refractivity contribution is 7.89. The predicted molar refractivity (Wildman–Crippen MR) is 111 cm³/mol. The van der Waals surface area contributed by atoms with E-state index in [1.54, 1.807) is 23.5 Å². The summed E-state index contributed by atoms with van der Waals surface area (Å²) in [5.41, 5.74) is 1.48. The molecule has 1 aromatic heterocycles. The minimum absolute atomic E-state index is 0.0470. The van der Waals surface area contributed by atoms with Gasteiger partial charge in [-0.3, -0.25) is 4.79 Å². The Morgan fingerprint density at radius 2 is 1.96 bits per heavy atom. The second-order valence-electron chi connectivity index (χ2n) is 6.90. The van der Waals surface area contributed by atoms with Crippen LogP contribution in [0.15, 0.2) is 53.4 Å². The number of nitrogens with zero attached hydrogens (tertiary/aromatic N) is 1. The summed E-state index contributed by atoms with van der Waals surface area (Å²) in [6.07, 6.45) is 3.54. The van der Waals surface area contributed by atoms with Crippen LogP contribution in [0.1, 0.15) is 30.7 Å². The van der Waals surface area contributed by atoms with Gasteiger partial charge in [-0.15, -0.1) is 11.3 Å². The highest BCUT2D eigenvalue weighted by atomic mass is 32.2. The summed E-state index contributed by atoms with van der Waals surface area (Å²) in [6, 6.07) is 14.4. The lowest BCUT2D eigenvalue weighted by Crippen LogP contribution is -2.25. The molecule has 0 aliphatic heterocycles. The van der Waals surface area contributed by atoms with Crippen molar-refractivity contribution in [3.8, 4) is 0 Å². The minimum atomic E-state index is -3.53. The molecular formula is C20H21N3O3S2. The van der Waals surface area contributed by atoms with Gasteiger partial charge in [0.15, 0.2) is 0 Å². The lowest BCUT2D eigenvalue weighted by Gasteiger charge is -2.09. The van der Waals surface area contributed by atoms with E-state index >= 15 is 0 Å². The summed E-state index contributed by atoms with van der Waals surface area (Å²) in [7, 11) is -3.53. The molecule has 1 amide bonds. The van der Waals surface area contributed by atoms with Gasteiger partial charge in [0.05, 0.1) is 20.1 Å². The van der Waals surface area contributed by atoms with E-state index in [1.165, 1.54) is 12.1 Å². The monoisotopic (exact) mass is 415 g/mol. The normalized spacial score (nSPS) is 14.3. The summed E-state index contributed by atoms with van der Waals surface area (Å²) < 4.78 is 28.4. The minimum Gasteiger partial charge on any atom is -0.326 e. The molecule has 1 aliphatic rings. The number of rotatable bonds is 8. The van der Waals surface area contributed by atoms with E-state index < -0.39 is 10.0 Å². The number of hydrogen-bond donors (Lipinski definition) is 2. The molecule has 0 atom stereocenters. The average molecular weight is 416 g/mol. The van der Waals surface area contributed by atoms with E-state index in [-0.39, 0.29) is 16.8 Å². The van der Waals surface area contributed by atoms with E-state index in [9.17, 15) is 13.2 Å². The fourth-order valence-electron chi connectivity index (χ4n) is 2.88. The topological polar surface area (TPSA) is 88.2 Å².